The summed E-state index contributed by atoms with van der Waals surface area (Å²) in [7, 11) is 1.46. The van der Waals surface area contributed by atoms with Crippen LogP contribution in [-0.4, -0.2) is 35.7 Å². The van der Waals surface area contributed by atoms with Crippen LogP contribution >= 0.6 is 15.9 Å². The van der Waals surface area contributed by atoms with Crippen LogP contribution in [-0.2, 0) is 4.74 Å². The Bertz CT molecular complexity index is 510. The highest BCUT2D eigenvalue weighted by atomic mass is 79.9. The number of nitrogens with zero attached hydrogens (tertiary/aromatic N) is 1. The van der Waals surface area contributed by atoms with E-state index in [4.69, 9.17) is 14.2 Å². The molecule has 0 bridgehead atoms. The summed E-state index contributed by atoms with van der Waals surface area (Å²) < 4.78 is 16.8. The fourth-order valence-corrected chi connectivity index (χ4v) is 3.00. The van der Waals surface area contributed by atoms with Crippen LogP contribution in [0.5, 0.6) is 11.5 Å². The lowest BCUT2D eigenvalue weighted by Crippen LogP contribution is -2.52. The van der Waals surface area contributed by atoms with Gasteiger partial charge in [0.25, 0.3) is 5.69 Å². The van der Waals surface area contributed by atoms with Crippen molar-refractivity contribution >= 4 is 21.6 Å². The molecule has 1 saturated carbocycles. The minimum atomic E-state index is -0.461. The maximum atomic E-state index is 10.8. The third-order valence-corrected chi connectivity index (χ3v) is 4.23. The highest BCUT2D eigenvalue weighted by Gasteiger charge is 2.42. The van der Waals surface area contributed by atoms with Crippen molar-refractivity contribution in [1.82, 2.24) is 0 Å². The number of hydrogen-bond donors (Lipinski definition) is 0. The maximum Gasteiger partial charge on any atom is 0.273 e. The van der Waals surface area contributed by atoms with Crippen LogP contribution in [0.15, 0.2) is 18.2 Å². The Balaban J connectivity index is 2.07. The first-order valence-electron chi connectivity index (χ1n) is 6.81. The number of halogens is 1. The molecular weight excluding hydrogens is 342 g/mol. The standard InChI is InChI=1S/C14H18BrNO5/c1-3-6-20-14-10(15)8-13(14)21-11-5-4-9(16(17)18)7-12(11)19-2/h4-5,7,10,13-14H,3,6,8H2,1-2H3. The summed E-state index contributed by atoms with van der Waals surface area (Å²) in [5, 5.41) is 10.8. The highest BCUT2D eigenvalue weighted by Crippen LogP contribution is 2.38. The van der Waals surface area contributed by atoms with Crippen LogP contribution in [0.25, 0.3) is 0 Å². The van der Waals surface area contributed by atoms with Crippen molar-refractivity contribution in [2.45, 2.75) is 36.8 Å². The molecule has 0 spiro atoms. The molecule has 0 aliphatic heterocycles. The summed E-state index contributed by atoms with van der Waals surface area (Å²) in [5.74, 6) is 0.856. The molecule has 0 heterocycles. The highest BCUT2D eigenvalue weighted by molar-refractivity contribution is 9.09. The van der Waals surface area contributed by atoms with Crippen molar-refractivity contribution in [2.75, 3.05) is 13.7 Å². The van der Waals surface area contributed by atoms with Crippen molar-refractivity contribution in [3.05, 3.63) is 28.3 Å². The monoisotopic (exact) mass is 359 g/mol. The molecule has 6 nitrogen and oxygen atoms in total. The predicted molar refractivity (Wildman–Crippen MR) is 81.4 cm³/mol. The topological polar surface area (TPSA) is 70.8 Å². The Kier molecular flexibility index (Phi) is 5.41. The summed E-state index contributed by atoms with van der Waals surface area (Å²) in [4.78, 5) is 10.6. The molecule has 1 aromatic rings. The van der Waals surface area contributed by atoms with Gasteiger partial charge in [-0.05, 0) is 12.5 Å². The molecule has 0 saturated heterocycles. The molecule has 2 rings (SSSR count). The van der Waals surface area contributed by atoms with Crippen LogP contribution in [0.4, 0.5) is 5.69 Å². The van der Waals surface area contributed by atoms with Crippen molar-refractivity contribution in [1.29, 1.82) is 0 Å². The summed E-state index contributed by atoms with van der Waals surface area (Å²) >= 11 is 3.55. The zero-order valence-electron chi connectivity index (χ0n) is 12.0. The van der Waals surface area contributed by atoms with E-state index < -0.39 is 4.92 Å². The second-order valence-electron chi connectivity index (χ2n) is 4.84. The predicted octanol–water partition coefficient (Wildman–Crippen LogP) is 3.31. The number of nitro groups is 1. The van der Waals surface area contributed by atoms with Gasteiger partial charge in [0.15, 0.2) is 11.5 Å². The third-order valence-electron chi connectivity index (χ3n) is 3.33. The molecule has 21 heavy (non-hydrogen) atoms. The van der Waals surface area contributed by atoms with E-state index >= 15 is 0 Å². The number of benzene rings is 1. The van der Waals surface area contributed by atoms with Gasteiger partial charge < -0.3 is 14.2 Å². The lowest BCUT2D eigenvalue weighted by Gasteiger charge is -2.41. The van der Waals surface area contributed by atoms with Gasteiger partial charge in [-0.1, -0.05) is 22.9 Å². The summed E-state index contributed by atoms with van der Waals surface area (Å²) in [5.41, 5.74) is -0.0232. The number of hydrogen-bond acceptors (Lipinski definition) is 5. The average molecular weight is 360 g/mol. The molecule has 1 aliphatic rings. The van der Waals surface area contributed by atoms with Gasteiger partial charge in [-0.15, -0.1) is 0 Å². The minimum absolute atomic E-state index is 0.00940. The number of ether oxygens (including phenoxy) is 3. The van der Waals surface area contributed by atoms with Crippen LogP contribution < -0.4 is 9.47 Å². The molecule has 1 aliphatic carbocycles. The molecular formula is C14H18BrNO5. The van der Waals surface area contributed by atoms with E-state index in [1.54, 1.807) is 6.07 Å². The van der Waals surface area contributed by atoms with E-state index in [-0.39, 0.29) is 22.7 Å². The summed E-state index contributed by atoms with van der Waals surface area (Å²) in [6, 6.07) is 4.33. The van der Waals surface area contributed by atoms with Crippen LogP contribution in [0.3, 0.4) is 0 Å². The van der Waals surface area contributed by atoms with E-state index in [0.717, 1.165) is 12.8 Å². The van der Waals surface area contributed by atoms with Crippen molar-refractivity contribution in [3.63, 3.8) is 0 Å². The Morgan fingerprint density at radius 3 is 2.76 bits per heavy atom. The Labute approximate surface area is 131 Å². The fourth-order valence-electron chi connectivity index (χ4n) is 2.14. The fraction of sp³-hybridized carbons (Fsp3) is 0.571. The molecule has 0 N–H and O–H groups in total. The maximum absolute atomic E-state index is 10.8. The van der Waals surface area contributed by atoms with Gasteiger partial charge in [0.1, 0.15) is 12.2 Å². The SMILES string of the molecule is CCCOC1C(Br)CC1Oc1ccc([N+](=O)[O-])cc1OC. The minimum Gasteiger partial charge on any atom is -0.493 e. The van der Waals surface area contributed by atoms with E-state index in [2.05, 4.69) is 22.9 Å². The van der Waals surface area contributed by atoms with E-state index in [0.29, 0.717) is 18.1 Å². The van der Waals surface area contributed by atoms with Crippen LogP contribution in [0, 0.1) is 10.1 Å². The van der Waals surface area contributed by atoms with Gasteiger partial charge in [-0.2, -0.15) is 0 Å². The summed E-state index contributed by atoms with van der Waals surface area (Å²) in [6.07, 6.45) is 1.69. The van der Waals surface area contributed by atoms with E-state index in [9.17, 15) is 10.1 Å². The Morgan fingerprint density at radius 2 is 2.19 bits per heavy atom. The van der Waals surface area contributed by atoms with Gasteiger partial charge in [0.2, 0.25) is 0 Å². The first-order chi connectivity index (χ1) is 10.1. The van der Waals surface area contributed by atoms with Gasteiger partial charge in [0, 0.05) is 23.9 Å². The number of rotatable bonds is 7. The summed E-state index contributed by atoms with van der Waals surface area (Å²) in [6.45, 7) is 2.74. The average Bonchev–Trinajstić information content (AvgIpc) is 2.47. The van der Waals surface area contributed by atoms with E-state index in [1.165, 1.54) is 19.2 Å². The second kappa shape index (κ2) is 7.09. The molecule has 7 heteroatoms. The zero-order valence-corrected chi connectivity index (χ0v) is 13.5. The quantitative estimate of drug-likeness (QED) is 0.424. The molecule has 0 amide bonds. The molecule has 3 unspecified atom stereocenters. The van der Waals surface area contributed by atoms with Gasteiger partial charge in [0.05, 0.1) is 18.1 Å². The number of methoxy groups -OCH3 is 1. The smallest absolute Gasteiger partial charge is 0.273 e. The van der Waals surface area contributed by atoms with Crippen molar-refractivity contribution < 1.29 is 19.1 Å². The molecule has 116 valence electrons. The van der Waals surface area contributed by atoms with Gasteiger partial charge in [-0.25, -0.2) is 0 Å². The van der Waals surface area contributed by atoms with E-state index in [1.807, 2.05) is 0 Å². The van der Waals surface area contributed by atoms with Gasteiger partial charge in [-0.3, -0.25) is 10.1 Å². The lowest BCUT2D eigenvalue weighted by molar-refractivity contribution is -0.385. The van der Waals surface area contributed by atoms with Crippen LogP contribution in [0.1, 0.15) is 19.8 Å². The Hall–Kier alpha value is -1.34. The largest absolute Gasteiger partial charge is 0.493 e. The van der Waals surface area contributed by atoms with Crippen LogP contribution in [0.2, 0.25) is 0 Å². The molecule has 0 radical (unpaired) electrons. The normalized spacial score (nSPS) is 24.2. The number of non-ortho nitro benzene ring substituents is 1. The third kappa shape index (κ3) is 3.65. The molecule has 1 aromatic carbocycles. The number of nitro benzene ring substituents is 1. The molecule has 0 aromatic heterocycles. The van der Waals surface area contributed by atoms with Gasteiger partial charge >= 0.3 is 0 Å². The first kappa shape index (κ1) is 16.0. The first-order valence-corrected chi connectivity index (χ1v) is 7.73. The Morgan fingerprint density at radius 1 is 1.43 bits per heavy atom. The van der Waals surface area contributed by atoms with Crippen molar-refractivity contribution in [2.24, 2.45) is 0 Å². The second-order valence-corrected chi connectivity index (χ2v) is 6.01. The zero-order chi connectivity index (χ0) is 15.4. The number of alkyl halides is 1. The molecule has 3 atom stereocenters. The molecule has 1 fully saturated rings. The lowest BCUT2D eigenvalue weighted by atomic mass is 9.91. The van der Waals surface area contributed by atoms with Crippen molar-refractivity contribution in [3.8, 4) is 11.5 Å².